The lowest BCUT2D eigenvalue weighted by Crippen LogP contribution is -2.24. The maximum atomic E-state index is 12.8. The van der Waals surface area contributed by atoms with Crippen LogP contribution in [0.5, 0.6) is 5.75 Å². The Kier molecular flexibility index (Phi) is 6.52. The van der Waals surface area contributed by atoms with E-state index in [9.17, 15) is 13.2 Å². The Hall–Kier alpha value is -2.22. The average molecular weight is 415 g/mol. The predicted molar refractivity (Wildman–Crippen MR) is 103 cm³/mol. The summed E-state index contributed by atoms with van der Waals surface area (Å²) in [5.41, 5.74) is 0.271. The zero-order valence-corrected chi connectivity index (χ0v) is 16.1. The van der Waals surface area contributed by atoms with Crippen molar-refractivity contribution >= 4 is 44.8 Å². The monoisotopic (exact) mass is 414 g/mol. The van der Waals surface area contributed by atoms with E-state index in [1.807, 2.05) is 0 Å². The minimum atomic E-state index is -4.09. The third kappa shape index (κ3) is 4.69. The Morgan fingerprint density at radius 3 is 2.62 bits per heavy atom. The predicted octanol–water partition coefficient (Wildman–Crippen LogP) is 3.72. The van der Waals surface area contributed by atoms with Gasteiger partial charge >= 0.3 is 0 Å². The summed E-state index contributed by atoms with van der Waals surface area (Å²) in [5, 5.41) is 3.07. The van der Waals surface area contributed by atoms with Crippen molar-refractivity contribution < 1.29 is 17.9 Å². The van der Waals surface area contributed by atoms with Crippen LogP contribution in [0.4, 0.5) is 5.69 Å². The number of carbonyl (C=O) groups is 1. The summed E-state index contributed by atoms with van der Waals surface area (Å²) in [6, 6.07) is 8.47. The normalized spacial score (nSPS) is 10.9. The lowest BCUT2D eigenvalue weighted by atomic mass is 10.2. The second-order valence-corrected chi connectivity index (χ2v) is 7.59. The van der Waals surface area contributed by atoms with Gasteiger partial charge in [-0.3, -0.25) is 9.52 Å². The molecule has 0 bridgehead atoms. The molecule has 0 aliphatic rings. The van der Waals surface area contributed by atoms with E-state index in [4.69, 9.17) is 27.9 Å². The van der Waals surface area contributed by atoms with Crippen molar-refractivity contribution in [1.29, 1.82) is 0 Å². The van der Waals surface area contributed by atoms with Gasteiger partial charge in [0.1, 0.15) is 10.6 Å². The first-order chi connectivity index (χ1) is 12.3. The summed E-state index contributed by atoms with van der Waals surface area (Å²) in [5.74, 6) is -0.360. The topological polar surface area (TPSA) is 84.5 Å². The van der Waals surface area contributed by atoms with Crippen LogP contribution in [0.2, 0.25) is 10.0 Å². The van der Waals surface area contributed by atoms with E-state index in [0.29, 0.717) is 5.02 Å². The van der Waals surface area contributed by atoms with Crippen molar-refractivity contribution in [2.75, 3.05) is 18.4 Å². The molecule has 1 amide bonds. The van der Waals surface area contributed by atoms with Crippen molar-refractivity contribution in [2.24, 2.45) is 0 Å². The van der Waals surface area contributed by atoms with Crippen molar-refractivity contribution in [3.05, 3.63) is 64.7 Å². The summed E-state index contributed by atoms with van der Waals surface area (Å²) in [4.78, 5) is 11.9. The van der Waals surface area contributed by atoms with Crippen molar-refractivity contribution in [3.63, 3.8) is 0 Å². The molecule has 2 rings (SSSR count). The van der Waals surface area contributed by atoms with Crippen LogP contribution in [0.3, 0.4) is 0 Å². The minimum absolute atomic E-state index is 0.0796. The number of sulfonamides is 1. The molecule has 0 radical (unpaired) electrons. The molecule has 2 aromatic carbocycles. The fourth-order valence-electron chi connectivity index (χ4n) is 2.07. The zero-order chi connectivity index (χ0) is 19.3. The highest BCUT2D eigenvalue weighted by Crippen LogP contribution is 2.31. The Morgan fingerprint density at radius 2 is 1.96 bits per heavy atom. The number of hydrogen-bond donors (Lipinski definition) is 2. The molecule has 138 valence electrons. The SMILES string of the molecule is C=CCNC(=O)c1ccc(OC)c(S(=O)(=O)Nc2cc(Cl)ccc2Cl)c1. The molecule has 0 atom stereocenters. The van der Waals surface area contributed by atoms with Gasteiger partial charge in [-0.2, -0.15) is 0 Å². The zero-order valence-electron chi connectivity index (χ0n) is 13.8. The average Bonchev–Trinajstić information content (AvgIpc) is 2.62. The molecule has 0 unspecified atom stereocenters. The van der Waals surface area contributed by atoms with E-state index in [1.165, 1.54) is 49.6 Å². The van der Waals surface area contributed by atoms with Crippen LogP contribution in [-0.2, 0) is 10.0 Å². The van der Waals surface area contributed by atoms with Crippen LogP contribution in [0.25, 0.3) is 0 Å². The standard InChI is InChI=1S/C17H16Cl2N2O4S/c1-3-8-20-17(22)11-4-7-15(25-2)16(9-11)26(23,24)21-14-10-12(18)5-6-13(14)19/h3-7,9-10,21H,1,8H2,2H3,(H,20,22). The van der Waals surface area contributed by atoms with Gasteiger partial charge in [0.25, 0.3) is 15.9 Å². The van der Waals surface area contributed by atoms with Crippen LogP contribution >= 0.6 is 23.2 Å². The molecule has 2 aromatic rings. The maximum absolute atomic E-state index is 12.8. The highest BCUT2D eigenvalue weighted by atomic mass is 35.5. The van der Waals surface area contributed by atoms with Gasteiger partial charge in [0.15, 0.2) is 0 Å². The summed E-state index contributed by atoms with van der Waals surface area (Å²) < 4.78 is 33.1. The Morgan fingerprint density at radius 1 is 1.23 bits per heavy atom. The maximum Gasteiger partial charge on any atom is 0.265 e. The molecule has 0 aliphatic heterocycles. The molecular weight excluding hydrogens is 399 g/mol. The van der Waals surface area contributed by atoms with Crippen LogP contribution in [0, 0.1) is 0 Å². The third-order valence-electron chi connectivity index (χ3n) is 3.30. The van der Waals surface area contributed by atoms with Gasteiger partial charge in [-0.1, -0.05) is 29.3 Å². The highest BCUT2D eigenvalue weighted by molar-refractivity contribution is 7.92. The molecule has 2 N–H and O–H groups in total. The van der Waals surface area contributed by atoms with Crippen LogP contribution < -0.4 is 14.8 Å². The fourth-order valence-corrected chi connectivity index (χ4v) is 3.73. The molecular formula is C17H16Cl2N2O4S. The van der Waals surface area contributed by atoms with E-state index in [2.05, 4.69) is 16.6 Å². The van der Waals surface area contributed by atoms with Gasteiger partial charge in [0.05, 0.1) is 17.8 Å². The third-order valence-corrected chi connectivity index (χ3v) is 5.25. The van der Waals surface area contributed by atoms with E-state index < -0.39 is 15.9 Å². The second-order valence-electron chi connectivity index (χ2n) is 5.09. The summed E-state index contributed by atoms with van der Waals surface area (Å²) >= 11 is 11.9. The molecule has 26 heavy (non-hydrogen) atoms. The van der Waals surface area contributed by atoms with E-state index in [-0.39, 0.29) is 33.5 Å². The molecule has 0 saturated heterocycles. The van der Waals surface area contributed by atoms with Crippen molar-refractivity contribution in [3.8, 4) is 5.75 Å². The number of halogens is 2. The second kappa shape index (κ2) is 8.44. The van der Waals surface area contributed by atoms with Gasteiger partial charge < -0.3 is 10.1 Å². The van der Waals surface area contributed by atoms with Crippen LogP contribution in [0.1, 0.15) is 10.4 Å². The quantitative estimate of drug-likeness (QED) is 0.676. The first-order valence-electron chi connectivity index (χ1n) is 7.33. The number of carbonyl (C=O) groups excluding carboxylic acids is 1. The first-order valence-corrected chi connectivity index (χ1v) is 9.57. The number of nitrogens with one attached hydrogen (secondary N) is 2. The fraction of sp³-hybridized carbons (Fsp3) is 0.118. The number of amides is 1. The molecule has 0 aliphatic carbocycles. The van der Waals surface area contributed by atoms with Crippen molar-refractivity contribution in [2.45, 2.75) is 4.90 Å². The van der Waals surface area contributed by atoms with Gasteiger partial charge in [-0.15, -0.1) is 6.58 Å². The highest BCUT2D eigenvalue weighted by Gasteiger charge is 2.23. The van der Waals surface area contributed by atoms with Crippen LogP contribution in [0.15, 0.2) is 53.9 Å². The van der Waals surface area contributed by atoms with E-state index >= 15 is 0 Å². The lowest BCUT2D eigenvalue weighted by molar-refractivity contribution is 0.0957. The summed E-state index contributed by atoms with van der Waals surface area (Å²) in [6.45, 7) is 3.76. The van der Waals surface area contributed by atoms with E-state index in [0.717, 1.165) is 0 Å². The number of anilines is 1. The van der Waals surface area contributed by atoms with Gasteiger partial charge in [0.2, 0.25) is 0 Å². The van der Waals surface area contributed by atoms with Gasteiger partial charge in [-0.05, 0) is 36.4 Å². The first kappa shape index (κ1) is 20.1. The molecule has 0 spiro atoms. The number of hydrogen-bond acceptors (Lipinski definition) is 4. The van der Waals surface area contributed by atoms with Crippen LogP contribution in [-0.4, -0.2) is 28.0 Å². The summed E-state index contributed by atoms with van der Waals surface area (Å²) in [7, 11) is -2.76. The molecule has 9 heteroatoms. The molecule has 0 aromatic heterocycles. The van der Waals surface area contributed by atoms with Gasteiger partial charge in [-0.25, -0.2) is 8.42 Å². The Labute approximate surface area is 161 Å². The van der Waals surface area contributed by atoms with E-state index in [1.54, 1.807) is 0 Å². The Balaban J connectivity index is 2.45. The van der Waals surface area contributed by atoms with Crippen molar-refractivity contribution in [1.82, 2.24) is 5.32 Å². The molecule has 0 saturated carbocycles. The number of benzene rings is 2. The Bertz CT molecular complexity index is 946. The van der Waals surface area contributed by atoms with Gasteiger partial charge in [0, 0.05) is 17.1 Å². The number of methoxy groups -OCH3 is 1. The largest absolute Gasteiger partial charge is 0.495 e. The number of ether oxygens (including phenoxy) is 1. The lowest BCUT2D eigenvalue weighted by Gasteiger charge is -2.14. The minimum Gasteiger partial charge on any atom is -0.495 e. The molecule has 0 heterocycles. The smallest absolute Gasteiger partial charge is 0.265 e. The summed E-state index contributed by atoms with van der Waals surface area (Å²) in [6.07, 6.45) is 1.52. The number of rotatable bonds is 7. The molecule has 0 fully saturated rings. The molecule has 6 nitrogen and oxygen atoms in total.